The summed E-state index contributed by atoms with van der Waals surface area (Å²) in [6.07, 6.45) is 1.93. The van der Waals surface area contributed by atoms with E-state index in [9.17, 15) is 4.79 Å². The van der Waals surface area contributed by atoms with E-state index in [1.807, 2.05) is 6.07 Å². The molecule has 2 aromatic rings. The molecule has 31 heavy (non-hydrogen) atoms. The van der Waals surface area contributed by atoms with Gasteiger partial charge in [-0.1, -0.05) is 54.6 Å². The van der Waals surface area contributed by atoms with Crippen molar-refractivity contribution in [1.29, 1.82) is 0 Å². The van der Waals surface area contributed by atoms with Gasteiger partial charge in [-0.25, -0.2) is 4.99 Å². The smallest absolute Gasteiger partial charge is 0.221 e. The maximum atomic E-state index is 11.5. The lowest BCUT2D eigenvalue weighted by atomic mass is 9.97. The summed E-state index contributed by atoms with van der Waals surface area (Å²) in [6, 6.07) is 19.1. The topological polar surface area (TPSA) is 82.8 Å². The van der Waals surface area contributed by atoms with Gasteiger partial charge in [0.05, 0.1) is 18.5 Å². The van der Waals surface area contributed by atoms with Crippen LogP contribution >= 0.6 is 0 Å². The molecule has 0 radical (unpaired) electrons. The zero-order valence-electron chi connectivity index (χ0n) is 18.7. The first kappa shape index (κ1) is 22.8. The van der Waals surface area contributed by atoms with Crippen LogP contribution in [0.1, 0.15) is 49.4 Å². The monoisotopic (exact) mass is 421 g/mol. The molecular formula is C25H35N5O. The number of benzene rings is 2. The fourth-order valence-electron chi connectivity index (χ4n) is 4.04. The standard InChI is InChI=1S/C25H35N5O/c1-3-27-25(29-19(2)22-11-5-4-6-12-22)28-16-20-9-7-10-21(15-20)17-30-14-8-13-23(18-30)24(26)31/h4-7,9-12,15,19,23H,3,8,13-14,16-18H2,1-2H3,(H2,26,31)(H2,27,28,29). The molecule has 3 rings (SSSR count). The molecule has 0 aliphatic carbocycles. The van der Waals surface area contributed by atoms with Crippen LogP contribution in [0.15, 0.2) is 59.6 Å². The van der Waals surface area contributed by atoms with Crippen molar-refractivity contribution >= 4 is 11.9 Å². The lowest BCUT2D eigenvalue weighted by Gasteiger charge is -2.31. The quantitative estimate of drug-likeness (QED) is 0.452. The molecule has 6 heteroatoms. The first-order valence-electron chi connectivity index (χ1n) is 11.2. The molecule has 2 aromatic carbocycles. The van der Waals surface area contributed by atoms with Gasteiger partial charge in [-0.3, -0.25) is 9.69 Å². The van der Waals surface area contributed by atoms with Crippen molar-refractivity contribution in [2.75, 3.05) is 19.6 Å². The van der Waals surface area contributed by atoms with Crippen molar-refractivity contribution in [2.24, 2.45) is 16.6 Å². The van der Waals surface area contributed by atoms with Crippen LogP contribution in [0, 0.1) is 5.92 Å². The Labute approximate surface area is 185 Å². The Balaban J connectivity index is 1.61. The van der Waals surface area contributed by atoms with Crippen LogP contribution in [0.4, 0.5) is 0 Å². The van der Waals surface area contributed by atoms with Crippen molar-refractivity contribution in [3.8, 4) is 0 Å². The second-order valence-corrected chi connectivity index (χ2v) is 8.27. The van der Waals surface area contributed by atoms with E-state index >= 15 is 0 Å². The highest BCUT2D eigenvalue weighted by Gasteiger charge is 2.23. The third-order valence-electron chi connectivity index (χ3n) is 5.72. The summed E-state index contributed by atoms with van der Waals surface area (Å²) in [5, 5.41) is 6.82. The van der Waals surface area contributed by atoms with Crippen LogP contribution < -0.4 is 16.4 Å². The Hall–Kier alpha value is -2.86. The fourth-order valence-corrected chi connectivity index (χ4v) is 4.04. The maximum Gasteiger partial charge on any atom is 0.221 e. The van der Waals surface area contributed by atoms with E-state index < -0.39 is 0 Å². The van der Waals surface area contributed by atoms with E-state index in [-0.39, 0.29) is 17.9 Å². The van der Waals surface area contributed by atoms with Crippen LogP contribution in [0.2, 0.25) is 0 Å². The number of likely N-dealkylation sites (tertiary alicyclic amines) is 1. The van der Waals surface area contributed by atoms with Crippen molar-refractivity contribution in [3.05, 3.63) is 71.3 Å². The van der Waals surface area contributed by atoms with E-state index in [0.717, 1.165) is 45.0 Å². The number of carbonyl (C=O) groups is 1. The number of hydrogen-bond acceptors (Lipinski definition) is 3. The van der Waals surface area contributed by atoms with Crippen LogP contribution in [0.3, 0.4) is 0 Å². The zero-order valence-corrected chi connectivity index (χ0v) is 18.7. The number of carbonyl (C=O) groups excluding carboxylic acids is 1. The molecule has 1 aliphatic heterocycles. The van der Waals surface area contributed by atoms with Crippen LogP contribution in [0.5, 0.6) is 0 Å². The number of amides is 1. The van der Waals surface area contributed by atoms with Gasteiger partial charge in [0.1, 0.15) is 0 Å². The number of nitrogens with one attached hydrogen (secondary N) is 2. The number of hydrogen-bond donors (Lipinski definition) is 3. The van der Waals surface area contributed by atoms with Gasteiger partial charge in [-0.05, 0) is 49.9 Å². The molecule has 1 amide bonds. The minimum atomic E-state index is -0.180. The summed E-state index contributed by atoms with van der Waals surface area (Å²) >= 11 is 0. The highest BCUT2D eigenvalue weighted by Crippen LogP contribution is 2.19. The molecule has 2 atom stereocenters. The van der Waals surface area contributed by atoms with E-state index in [2.05, 4.69) is 77.9 Å². The van der Waals surface area contributed by atoms with E-state index in [0.29, 0.717) is 6.54 Å². The number of guanidine groups is 1. The Morgan fingerprint density at radius 3 is 2.71 bits per heavy atom. The normalized spacial score (nSPS) is 18.4. The lowest BCUT2D eigenvalue weighted by molar-refractivity contribution is -0.123. The minimum Gasteiger partial charge on any atom is -0.369 e. The lowest BCUT2D eigenvalue weighted by Crippen LogP contribution is -2.40. The largest absolute Gasteiger partial charge is 0.369 e. The third-order valence-corrected chi connectivity index (χ3v) is 5.72. The number of piperidine rings is 1. The Morgan fingerprint density at radius 1 is 1.19 bits per heavy atom. The molecule has 1 saturated heterocycles. The highest BCUT2D eigenvalue weighted by atomic mass is 16.1. The second kappa shape index (κ2) is 11.5. The van der Waals surface area contributed by atoms with E-state index in [1.54, 1.807) is 0 Å². The van der Waals surface area contributed by atoms with E-state index in [4.69, 9.17) is 10.7 Å². The molecule has 0 aromatic heterocycles. The number of primary amides is 1. The van der Waals surface area contributed by atoms with Gasteiger partial charge in [0.25, 0.3) is 0 Å². The van der Waals surface area contributed by atoms with Crippen LogP contribution in [-0.2, 0) is 17.9 Å². The molecule has 1 aliphatic rings. The van der Waals surface area contributed by atoms with Gasteiger partial charge in [-0.15, -0.1) is 0 Å². The number of nitrogens with zero attached hydrogens (tertiary/aromatic N) is 2. The SMILES string of the molecule is CCNC(=NCc1cccc(CN2CCCC(C(N)=O)C2)c1)NC(C)c1ccccc1. The molecule has 1 heterocycles. The van der Waals surface area contributed by atoms with Crippen molar-refractivity contribution in [3.63, 3.8) is 0 Å². The van der Waals surface area contributed by atoms with Crippen molar-refractivity contribution in [2.45, 2.75) is 45.8 Å². The summed E-state index contributed by atoms with van der Waals surface area (Å²) in [5.41, 5.74) is 9.16. The van der Waals surface area contributed by atoms with Crippen LogP contribution in [-0.4, -0.2) is 36.4 Å². The molecule has 2 unspecified atom stereocenters. The van der Waals surface area contributed by atoms with Crippen molar-refractivity contribution in [1.82, 2.24) is 15.5 Å². The average molecular weight is 422 g/mol. The third kappa shape index (κ3) is 7.10. The van der Waals surface area contributed by atoms with E-state index in [1.165, 1.54) is 16.7 Å². The second-order valence-electron chi connectivity index (χ2n) is 8.27. The number of rotatable bonds is 8. The Kier molecular flexibility index (Phi) is 8.47. The fraction of sp³-hybridized carbons (Fsp3) is 0.440. The first-order chi connectivity index (χ1) is 15.0. The molecule has 166 valence electrons. The summed E-state index contributed by atoms with van der Waals surface area (Å²) < 4.78 is 0. The maximum absolute atomic E-state index is 11.5. The molecule has 0 bridgehead atoms. The van der Waals surface area contributed by atoms with Crippen LogP contribution in [0.25, 0.3) is 0 Å². The van der Waals surface area contributed by atoms with Gasteiger partial charge in [-0.2, -0.15) is 0 Å². The predicted molar refractivity (Wildman–Crippen MR) is 126 cm³/mol. The van der Waals surface area contributed by atoms with Gasteiger partial charge < -0.3 is 16.4 Å². The van der Waals surface area contributed by atoms with Gasteiger partial charge in [0, 0.05) is 19.6 Å². The number of aliphatic imine (C=N–C) groups is 1. The summed E-state index contributed by atoms with van der Waals surface area (Å²) in [4.78, 5) is 18.7. The Bertz CT molecular complexity index is 867. The summed E-state index contributed by atoms with van der Waals surface area (Å²) in [5.74, 6) is 0.604. The van der Waals surface area contributed by atoms with Gasteiger partial charge in [0.15, 0.2) is 5.96 Å². The predicted octanol–water partition coefficient (Wildman–Crippen LogP) is 3.20. The molecule has 0 saturated carbocycles. The first-order valence-corrected chi connectivity index (χ1v) is 11.2. The zero-order chi connectivity index (χ0) is 22.1. The molecular weight excluding hydrogens is 386 g/mol. The molecule has 1 fully saturated rings. The highest BCUT2D eigenvalue weighted by molar-refractivity contribution is 5.80. The Morgan fingerprint density at radius 2 is 1.97 bits per heavy atom. The van der Waals surface area contributed by atoms with Gasteiger partial charge >= 0.3 is 0 Å². The van der Waals surface area contributed by atoms with Gasteiger partial charge in [0.2, 0.25) is 5.91 Å². The molecule has 4 N–H and O–H groups in total. The molecule has 0 spiro atoms. The summed E-state index contributed by atoms with van der Waals surface area (Å²) in [7, 11) is 0. The summed E-state index contributed by atoms with van der Waals surface area (Å²) in [6.45, 7) is 8.23. The number of nitrogens with two attached hydrogens (primary N) is 1. The van der Waals surface area contributed by atoms with Crippen molar-refractivity contribution < 1.29 is 4.79 Å². The average Bonchev–Trinajstić information content (AvgIpc) is 2.78. The molecule has 6 nitrogen and oxygen atoms in total. The minimum absolute atomic E-state index is 0.0260.